The molecule has 3 N–H and O–H groups in total. The van der Waals surface area contributed by atoms with Gasteiger partial charge in [-0.1, -0.05) is 19.3 Å². The number of hydrogen-bond donors (Lipinski definition) is 3. The highest BCUT2D eigenvalue weighted by Gasteiger charge is 2.40. The van der Waals surface area contributed by atoms with Crippen molar-refractivity contribution in [2.24, 2.45) is 0 Å². The predicted octanol–water partition coefficient (Wildman–Crippen LogP) is 1.38. The second kappa shape index (κ2) is 7.31. The van der Waals surface area contributed by atoms with Crippen LogP contribution in [0.4, 0.5) is 0 Å². The van der Waals surface area contributed by atoms with Gasteiger partial charge in [-0.3, -0.25) is 4.79 Å². The molecule has 0 aromatic rings. The van der Waals surface area contributed by atoms with Gasteiger partial charge < -0.3 is 15.7 Å². The van der Waals surface area contributed by atoms with Gasteiger partial charge >= 0.3 is 5.97 Å². The molecular formula is C14H24N2O3S. The van der Waals surface area contributed by atoms with Gasteiger partial charge in [0.15, 0.2) is 0 Å². The molecule has 0 unspecified atom stereocenters. The smallest absolute Gasteiger partial charge is 0.329 e. The Balaban J connectivity index is 1.80. The van der Waals surface area contributed by atoms with Crippen LogP contribution in [0.2, 0.25) is 0 Å². The molecule has 20 heavy (non-hydrogen) atoms. The Morgan fingerprint density at radius 3 is 2.45 bits per heavy atom. The minimum absolute atomic E-state index is 0.127. The monoisotopic (exact) mass is 300 g/mol. The van der Waals surface area contributed by atoms with Crippen molar-refractivity contribution in [2.45, 2.75) is 55.7 Å². The molecule has 2 rings (SSSR count). The van der Waals surface area contributed by atoms with Gasteiger partial charge in [-0.15, -0.1) is 11.8 Å². The quantitative estimate of drug-likeness (QED) is 0.715. The minimum atomic E-state index is -1.01. The summed E-state index contributed by atoms with van der Waals surface area (Å²) in [6, 6.07) is 0. The van der Waals surface area contributed by atoms with E-state index in [4.69, 9.17) is 0 Å². The van der Waals surface area contributed by atoms with E-state index in [9.17, 15) is 14.7 Å². The van der Waals surface area contributed by atoms with Gasteiger partial charge in [0.1, 0.15) is 5.54 Å². The van der Waals surface area contributed by atoms with Crippen molar-refractivity contribution >= 4 is 23.6 Å². The zero-order valence-electron chi connectivity index (χ0n) is 11.8. The average molecular weight is 300 g/mol. The number of carboxylic acids is 1. The third-order valence-corrected chi connectivity index (χ3v) is 5.60. The van der Waals surface area contributed by atoms with E-state index in [1.54, 1.807) is 11.8 Å². The molecule has 2 fully saturated rings. The van der Waals surface area contributed by atoms with Crippen LogP contribution in [-0.2, 0) is 9.59 Å². The normalized spacial score (nSPS) is 23.2. The molecule has 0 spiro atoms. The van der Waals surface area contributed by atoms with Crippen molar-refractivity contribution in [1.29, 1.82) is 0 Å². The summed E-state index contributed by atoms with van der Waals surface area (Å²) < 4.78 is 0. The molecule has 0 aromatic carbocycles. The molecule has 114 valence electrons. The summed E-state index contributed by atoms with van der Waals surface area (Å²) in [5.41, 5.74) is -1.01. The van der Waals surface area contributed by atoms with Gasteiger partial charge in [-0.05, 0) is 38.8 Å². The fourth-order valence-corrected chi connectivity index (χ4v) is 4.03. The Labute approximate surface area is 124 Å². The van der Waals surface area contributed by atoms with Crippen molar-refractivity contribution in [3.8, 4) is 0 Å². The molecule has 0 bridgehead atoms. The van der Waals surface area contributed by atoms with Gasteiger partial charge in [0.05, 0.1) is 5.75 Å². The highest BCUT2D eigenvalue weighted by atomic mass is 32.2. The number of piperidine rings is 1. The van der Waals surface area contributed by atoms with Crippen molar-refractivity contribution in [1.82, 2.24) is 10.6 Å². The Hall–Kier alpha value is -0.750. The van der Waals surface area contributed by atoms with Crippen molar-refractivity contribution in [3.63, 3.8) is 0 Å². The lowest BCUT2D eigenvalue weighted by molar-refractivity contribution is -0.148. The first-order valence-corrected chi connectivity index (χ1v) is 8.54. The first-order valence-electron chi connectivity index (χ1n) is 7.49. The van der Waals surface area contributed by atoms with Crippen molar-refractivity contribution in [2.75, 3.05) is 18.8 Å². The third kappa shape index (κ3) is 4.12. The molecule has 5 nitrogen and oxygen atoms in total. The van der Waals surface area contributed by atoms with Crippen molar-refractivity contribution in [3.05, 3.63) is 0 Å². The summed E-state index contributed by atoms with van der Waals surface area (Å²) in [4.78, 5) is 23.5. The zero-order chi connectivity index (χ0) is 14.4. The summed E-state index contributed by atoms with van der Waals surface area (Å²) in [5, 5.41) is 16.0. The van der Waals surface area contributed by atoms with Gasteiger partial charge in [0.25, 0.3) is 0 Å². The van der Waals surface area contributed by atoms with Crippen LogP contribution in [0.1, 0.15) is 44.9 Å². The van der Waals surface area contributed by atoms with E-state index in [0.717, 1.165) is 45.2 Å². The minimum Gasteiger partial charge on any atom is -0.480 e. The number of amides is 1. The number of carboxylic acid groups (broad SMARTS) is 1. The maximum absolute atomic E-state index is 12.1. The van der Waals surface area contributed by atoms with Crippen LogP contribution < -0.4 is 10.6 Å². The number of hydrogen-bond acceptors (Lipinski definition) is 4. The first kappa shape index (κ1) is 15.6. The molecule has 1 amide bonds. The molecule has 2 aliphatic rings. The van der Waals surface area contributed by atoms with Gasteiger partial charge in [-0.25, -0.2) is 4.79 Å². The molecule has 1 heterocycles. The van der Waals surface area contributed by atoms with Gasteiger partial charge in [0.2, 0.25) is 5.91 Å². The second-order valence-corrected chi connectivity index (χ2v) is 7.05. The molecule has 1 saturated carbocycles. The molecule has 1 aliphatic heterocycles. The average Bonchev–Trinajstić information content (AvgIpc) is 2.47. The first-order chi connectivity index (χ1) is 9.62. The maximum Gasteiger partial charge on any atom is 0.329 e. The lowest BCUT2D eigenvalue weighted by atomic mass is 9.81. The van der Waals surface area contributed by atoms with E-state index >= 15 is 0 Å². The van der Waals surface area contributed by atoms with E-state index < -0.39 is 11.5 Å². The van der Waals surface area contributed by atoms with Crippen LogP contribution in [-0.4, -0.2) is 46.6 Å². The van der Waals surface area contributed by atoms with E-state index in [1.807, 2.05) is 0 Å². The zero-order valence-corrected chi connectivity index (χ0v) is 12.6. The molecule has 1 aliphatic carbocycles. The summed E-state index contributed by atoms with van der Waals surface area (Å²) in [6.07, 6.45) is 6.12. The second-order valence-electron chi connectivity index (χ2n) is 5.76. The number of rotatable bonds is 5. The number of carbonyl (C=O) groups is 2. The van der Waals surface area contributed by atoms with Crippen LogP contribution in [0.15, 0.2) is 0 Å². The van der Waals surface area contributed by atoms with Crippen LogP contribution in [0.3, 0.4) is 0 Å². The number of thioether (sulfide) groups is 1. The molecule has 0 atom stereocenters. The summed E-state index contributed by atoms with van der Waals surface area (Å²) in [7, 11) is 0. The van der Waals surface area contributed by atoms with E-state index in [2.05, 4.69) is 10.6 Å². The highest BCUT2D eigenvalue weighted by Crippen LogP contribution is 2.29. The Morgan fingerprint density at radius 1 is 1.20 bits per heavy atom. The highest BCUT2D eigenvalue weighted by molar-refractivity contribution is 8.00. The lowest BCUT2D eigenvalue weighted by Gasteiger charge is -2.34. The fraction of sp³-hybridized carbons (Fsp3) is 0.857. The molecule has 0 radical (unpaired) electrons. The summed E-state index contributed by atoms with van der Waals surface area (Å²) in [5.74, 6) is -0.630. The summed E-state index contributed by atoms with van der Waals surface area (Å²) in [6.45, 7) is 2.02. The Kier molecular flexibility index (Phi) is 5.72. The van der Waals surface area contributed by atoms with E-state index in [1.165, 1.54) is 0 Å². The Morgan fingerprint density at radius 2 is 1.85 bits per heavy atom. The van der Waals surface area contributed by atoms with Crippen LogP contribution >= 0.6 is 11.8 Å². The van der Waals surface area contributed by atoms with Crippen LogP contribution in [0.5, 0.6) is 0 Å². The number of carbonyl (C=O) groups excluding carboxylic acids is 1. The fourth-order valence-electron chi connectivity index (χ4n) is 3.01. The van der Waals surface area contributed by atoms with Gasteiger partial charge in [0, 0.05) is 5.25 Å². The van der Waals surface area contributed by atoms with Gasteiger partial charge in [-0.2, -0.15) is 0 Å². The molecule has 0 aromatic heterocycles. The topological polar surface area (TPSA) is 78.4 Å². The molecule has 6 heteroatoms. The lowest BCUT2D eigenvalue weighted by Crippen LogP contribution is -2.56. The van der Waals surface area contributed by atoms with Crippen LogP contribution in [0.25, 0.3) is 0 Å². The van der Waals surface area contributed by atoms with Crippen LogP contribution in [0, 0.1) is 0 Å². The molecule has 1 saturated heterocycles. The predicted molar refractivity (Wildman–Crippen MR) is 79.9 cm³/mol. The third-order valence-electron chi connectivity index (χ3n) is 4.23. The maximum atomic E-state index is 12.1. The largest absolute Gasteiger partial charge is 0.480 e. The molecular weight excluding hydrogens is 276 g/mol. The summed E-state index contributed by atoms with van der Waals surface area (Å²) >= 11 is 1.66. The SMILES string of the molecule is O=C(CSC1CCNCC1)NC1(C(=O)O)CCCCC1. The Bertz CT molecular complexity index is 350. The number of nitrogens with one attached hydrogen (secondary N) is 2. The van der Waals surface area contributed by atoms with Crippen molar-refractivity contribution < 1.29 is 14.7 Å². The standard InChI is InChI=1S/C14H24N2O3S/c17-12(10-20-11-4-8-15-9-5-11)16-14(13(18)19)6-2-1-3-7-14/h11,15H,1-10H2,(H,16,17)(H,18,19). The van der Waals surface area contributed by atoms with E-state index in [0.29, 0.717) is 23.8 Å². The van der Waals surface area contributed by atoms with E-state index in [-0.39, 0.29) is 5.91 Å². The number of aliphatic carboxylic acids is 1.